The van der Waals surface area contributed by atoms with Crippen LogP contribution in [0.15, 0.2) is 4.99 Å². The van der Waals surface area contributed by atoms with Crippen molar-refractivity contribution in [3.8, 4) is 0 Å². The van der Waals surface area contributed by atoms with E-state index in [2.05, 4.69) is 15.6 Å². The lowest BCUT2D eigenvalue weighted by Crippen LogP contribution is -2.47. The van der Waals surface area contributed by atoms with Crippen LogP contribution in [0, 0.1) is 11.8 Å². The second-order valence-corrected chi connectivity index (χ2v) is 9.40. The third-order valence-corrected chi connectivity index (χ3v) is 7.02. The van der Waals surface area contributed by atoms with Gasteiger partial charge in [0.25, 0.3) is 0 Å². The molecule has 1 atom stereocenters. The monoisotopic (exact) mass is 471 g/mol. The van der Waals surface area contributed by atoms with E-state index in [-0.39, 0.29) is 29.9 Å². The molecule has 8 heteroatoms. The summed E-state index contributed by atoms with van der Waals surface area (Å²) in [7, 11) is -2.82. The third kappa shape index (κ3) is 6.33. The van der Waals surface area contributed by atoms with Crippen molar-refractivity contribution in [3.05, 3.63) is 0 Å². The second kappa shape index (κ2) is 9.56. The number of sulfone groups is 1. The minimum atomic E-state index is -2.82. The van der Waals surface area contributed by atoms with Crippen molar-refractivity contribution < 1.29 is 13.2 Å². The molecular formula is C16H30IN3O3S. The van der Waals surface area contributed by atoms with Gasteiger partial charge in [-0.05, 0) is 43.9 Å². The van der Waals surface area contributed by atoms with E-state index < -0.39 is 9.84 Å². The maximum atomic E-state index is 11.6. The molecule has 2 heterocycles. The van der Waals surface area contributed by atoms with E-state index >= 15 is 0 Å². The van der Waals surface area contributed by atoms with Crippen molar-refractivity contribution in [2.75, 3.05) is 37.8 Å². The second-order valence-electron chi connectivity index (χ2n) is 7.17. The molecule has 3 fully saturated rings. The zero-order chi connectivity index (χ0) is 16.1. The fraction of sp³-hybridized carbons (Fsp3) is 0.938. The highest BCUT2D eigenvalue weighted by molar-refractivity contribution is 14.0. The Labute approximate surface area is 162 Å². The van der Waals surface area contributed by atoms with E-state index in [0.717, 1.165) is 50.9 Å². The molecule has 1 unspecified atom stereocenters. The molecular weight excluding hydrogens is 441 g/mol. The summed E-state index contributed by atoms with van der Waals surface area (Å²) in [6.07, 6.45) is 6.70. The zero-order valence-electron chi connectivity index (χ0n) is 14.2. The summed E-state index contributed by atoms with van der Waals surface area (Å²) in [5.74, 6) is 2.42. The summed E-state index contributed by atoms with van der Waals surface area (Å²) in [6, 6.07) is 0.406. The van der Waals surface area contributed by atoms with Gasteiger partial charge in [0, 0.05) is 32.3 Å². The van der Waals surface area contributed by atoms with E-state index in [1.807, 2.05) is 0 Å². The number of hydrogen-bond acceptors (Lipinski definition) is 4. The molecule has 24 heavy (non-hydrogen) atoms. The van der Waals surface area contributed by atoms with Gasteiger partial charge in [0.05, 0.1) is 11.5 Å². The van der Waals surface area contributed by atoms with E-state index in [1.165, 1.54) is 19.3 Å². The van der Waals surface area contributed by atoms with Gasteiger partial charge >= 0.3 is 0 Å². The van der Waals surface area contributed by atoms with E-state index in [1.54, 1.807) is 0 Å². The first-order valence-electron chi connectivity index (χ1n) is 8.94. The number of nitrogens with one attached hydrogen (secondary N) is 2. The quantitative estimate of drug-likeness (QED) is 0.362. The smallest absolute Gasteiger partial charge is 0.191 e. The summed E-state index contributed by atoms with van der Waals surface area (Å²) in [4.78, 5) is 4.68. The Bertz CT molecular complexity index is 517. The van der Waals surface area contributed by atoms with Crippen LogP contribution in [0.3, 0.4) is 0 Å². The fourth-order valence-corrected chi connectivity index (χ4v) is 5.21. The maximum absolute atomic E-state index is 11.6. The van der Waals surface area contributed by atoms with Crippen molar-refractivity contribution >= 4 is 39.8 Å². The molecule has 0 radical (unpaired) electrons. The van der Waals surface area contributed by atoms with Gasteiger partial charge in [0.15, 0.2) is 15.8 Å². The first-order valence-corrected chi connectivity index (χ1v) is 10.8. The summed E-state index contributed by atoms with van der Waals surface area (Å²) in [6.45, 7) is 3.17. The molecule has 1 aliphatic carbocycles. The molecule has 140 valence electrons. The lowest BCUT2D eigenvalue weighted by Gasteiger charge is -2.29. The Balaban J connectivity index is 0.00000208. The van der Waals surface area contributed by atoms with Crippen molar-refractivity contribution in [1.29, 1.82) is 0 Å². The molecule has 0 amide bonds. The molecule has 0 aromatic rings. The van der Waals surface area contributed by atoms with Crippen LogP contribution in [-0.2, 0) is 14.6 Å². The minimum absolute atomic E-state index is 0. The molecule has 1 saturated carbocycles. The van der Waals surface area contributed by atoms with Crippen LogP contribution in [0.5, 0.6) is 0 Å². The van der Waals surface area contributed by atoms with Gasteiger partial charge < -0.3 is 15.4 Å². The van der Waals surface area contributed by atoms with E-state index in [9.17, 15) is 8.42 Å². The molecule has 0 spiro atoms. The number of hydrogen-bond donors (Lipinski definition) is 2. The first-order chi connectivity index (χ1) is 11.1. The lowest BCUT2D eigenvalue weighted by molar-refractivity contribution is 0.0822. The normalized spacial score (nSPS) is 28.0. The van der Waals surface area contributed by atoms with Crippen LogP contribution in [0.1, 0.15) is 38.5 Å². The van der Waals surface area contributed by atoms with Crippen molar-refractivity contribution in [3.63, 3.8) is 0 Å². The molecule has 2 saturated heterocycles. The molecule has 3 rings (SSSR count). The topological polar surface area (TPSA) is 79.8 Å². The Morgan fingerprint density at radius 3 is 2.42 bits per heavy atom. The predicted octanol–water partition coefficient (Wildman–Crippen LogP) is 1.55. The van der Waals surface area contributed by atoms with Crippen LogP contribution in [0.2, 0.25) is 0 Å². The van der Waals surface area contributed by atoms with E-state index in [0.29, 0.717) is 24.1 Å². The highest BCUT2D eigenvalue weighted by atomic mass is 127. The highest BCUT2D eigenvalue weighted by Crippen LogP contribution is 2.25. The van der Waals surface area contributed by atoms with Gasteiger partial charge in [-0.15, -0.1) is 24.0 Å². The standard InChI is InChI=1S/C16H29N3O3S.HI/c20-23(21)9-6-14(12-23)11-18-16(17-10-13-2-1-3-13)19-15-4-7-22-8-5-15;/h13-15H,1-12H2,(H2,17,18,19);1H. The van der Waals surface area contributed by atoms with Crippen LogP contribution in [0.4, 0.5) is 0 Å². The van der Waals surface area contributed by atoms with Gasteiger partial charge in [-0.3, -0.25) is 4.99 Å². The third-order valence-electron chi connectivity index (χ3n) is 5.18. The Morgan fingerprint density at radius 2 is 1.83 bits per heavy atom. The van der Waals surface area contributed by atoms with Crippen LogP contribution in [0.25, 0.3) is 0 Å². The molecule has 3 aliphatic rings. The Kier molecular flexibility index (Phi) is 8.06. The average molecular weight is 471 g/mol. The van der Waals surface area contributed by atoms with Crippen molar-refractivity contribution in [2.45, 2.75) is 44.6 Å². The minimum Gasteiger partial charge on any atom is -0.381 e. The summed E-state index contributed by atoms with van der Waals surface area (Å²) in [5, 5.41) is 6.98. The molecule has 2 N–H and O–H groups in total. The SMILES string of the molecule is I.O=S1(=O)CCC(CN=C(NCC2CCC2)NC2CCOCC2)C1. The number of guanidine groups is 1. The summed E-state index contributed by atoms with van der Waals surface area (Å²) in [5.41, 5.74) is 0. The van der Waals surface area contributed by atoms with Crippen molar-refractivity contribution in [2.24, 2.45) is 16.8 Å². The molecule has 6 nitrogen and oxygen atoms in total. The molecule has 2 aliphatic heterocycles. The molecule has 0 aromatic carbocycles. The molecule has 0 bridgehead atoms. The number of ether oxygens (including phenoxy) is 1. The van der Waals surface area contributed by atoms with E-state index in [4.69, 9.17) is 4.74 Å². The highest BCUT2D eigenvalue weighted by Gasteiger charge is 2.28. The van der Waals surface area contributed by atoms with Gasteiger partial charge in [0.1, 0.15) is 0 Å². The van der Waals surface area contributed by atoms with Crippen LogP contribution in [-0.4, -0.2) is 58.2 Å². The predicted molar refractivity (Wildman–Crippen MR) is 107 cm³/mol. The molecule has 0 aromatic heterocycles. The van der Waals surface area contributed by atoms with Gasteiger partial charge in [-0.1, -0.05) is 6.42 Å². The summed E-state index contributed by atoms with van der Waals surface area (Å²) >= 11 is 0. The number of halogens is 1. The maximum Gasteiger partial charge on any atom is 0.191 e. The van der Waals surface area contributed by atoms with Crippen LogP contribution >= 0.6 is 24.0 Å². The van der Waals surface area contributed by atoms with Gasteiger partial charge in [-0.25, -0.2) is 8.42 Å². The first kappa shape index (κ1) is 20.2. The number of nitrogens with zero attached hydrogens (tertiary/aromatic N) is 1. The van der Waals surface area contributed by atoms with Gasteiger partial charge in [0.2, 0.25) is 0 Å². The lowest BCUT2D eigenvalue weighted by atomic mass is 9.85. The van der Waals surface area contributed by atoms with Crippen LogP contribution < -0.4 is 10.6 Å². The Morgan fingerprint density at radius 1 is 1.08 bits per heavy atom. The van der Waals surface area contributed by atoms with Gasteiger partial charge in [-0.2, -0.15) is 0 Å². The van der Waals surface area contributed by atoms with Crippen molar-refractivity contribution in [1.82, 2.24) is 10.6 Å². The summed E-state index contributed by atoms with van der Waals surface area (Å²) < 4.78 is 28.5. The fourth-order valence-electron chi connectivity index (χ4n) is 3.36. The average Bonchev–Trinajstić information content (AvgIpc) is 2.83. The zero-order valence-corrected chi connectivity index (χ0v) is 17.4. The number of aliphatic imine (C=N–C) groups is 1. The Hall–Kier alpha value is -0.0900. The number of rotatable bonds is 5. The largest absolute Gasteiger partial charge is 0.381 e.